The van der Waals surface area contributed by atoms with Gasteiger partial charge in [-0.1, -0.05) is 6.07 Å². The lowest BCUT2D eigenvalue weighted by Gasteiger charge is -2.24. The molecule has 2 aromatic rings. The van der Waals surface area contributed by atoms with Crippen molar-refractivity contribution in [2.24, 2.45) is 0 Å². The molecule has 17 heavy (non-hydrogen) atoms. The summed E-state index contributed by atoms with van der Waals surface area (Å²) in [5, 5.41) is 9.23. The van der Waals surface area contributed by atoms with Gasteiger partial charge in [0.15, 0.2) is 4.77 Å². The third kappa shape index (κ3) is 2.28. The second kappa shape index (κ2) is 5.01. The lowest BCUT2D eigenvalue weighted by atomic mass is 10.2. The Morgan fingerprint density at radius 2 is 2.41 bits per heavy atom. The first-order valence-electron chi connectivity index (χ1n) is 5.56. The summed E-state index contributed by atoms with van der Waals surface area (Å²) in [5.74, 6) is 0.887. The molecule has 0 aliphatic heterocycles. The summed E-state index contributed by atoms with van der Waals surface area (Å²) in [4.78, 5) is 3.46. The maximum Gasteiger partial charge on any atom is 0.225 e. The summed E-state index contributed by atoms with van der Waals surface area (Å²) in [6, 6.07) is 4.51. The predicted molar refractivity (Wildman–Crippen MR) is 74.2 cm³/mol. The Hall–Kier alpha value is -1.14. The highest BCUT2D eigenvalue weighted by Gasteiger charge is 2.17. The Labute approximate surface area is 110 Å². The first-order chi connectivity index (χ1) is 8.15. The van der Waals surface area contributed by atoms with E-state index in [1.807, 2.05) is 11.6 Å². The van der Waals surface area contributed by atoms with Crippen molar-refractivity contribution in [2.75, 3.05) is 11.9 Å². The molecule has 0 bridgehead atoms. The minimum atomic E-state index is 0.297. The Kier molecular flexibility index (Phi) is 3.63. The molecule has 0 saturated carbocycles. The number of anilines is 1. The van der Waals surface area contributed by atoms with E-state index in [0.717, 1.165) is 12.5 Å². The summed E-state index contributed by atoms with van der Waals surface area (Å²) >= 11 is 6.96. The van der Waals surface area contributed by atoms with Gasteiger partial charge in [-0.2, -0.15) is 0 Å². The van der Waals surface area contributed by atoms with Gasteiger partial charge in [-0.15, -0.1) is 16.4 Å². The zero-order valence-corrected chi connectivity index (χ0v) is 11.8. The molecule has 2 heterocycles. The number of hydrogen-bond acceptors (Lipinski definition) is 4. The van der Waals surface area contributed by atoms with E-state index in [2.05, 4.69) is 46.5 Å². The number of nitrogens with one attached hydrogen (secondary N) is 1. The summed E-state index contributed by atoms with van der Waals surface area (Å²) in [6.07, 6.45) is 0. The maximum absolute atomic E-state index is 5.20. The molecule has 1 N–H and O–H groups in total. The molecular weight excluding hydrogens is 252 g/mol. The summed E-state index contributed by atoms with van der Waals surface area (Å²) < 4.78 is 2.67. The van der Waals surface area contributed by atoms with Crippen molar-refractivity contribution in [1.29, 1.82) is 0 Å². The first kappa shape index (κ1) is 12.3. The molecule has 0 radical (unpaired) electrons. The highest BCUT2D eigenvalue weighted by Crippen LogP contribution is 2.26. The van der Waals surface area contributed by atoms with Gasteiger partial charge in [-0.25, -0.2) is 5.10 Å². The van der Waals surface area contributed by atoms with Gasteiger partial charge in [0.2, 0.25) is 5.95 Å². The Balaban J connectivity index is 2.31. The van der Waals surface area contributed by atoms with E-state index in [1.54, 1.807) is 11.3 Å². The van der Waals surface area contributed by atoms with Crippen LogP contribution in [0, 0.1) is 4.77 Å². The van der Waals surface area contributed by atoms with Gasteiger partial charge >= 0.3 is 0 Å². The van der Waals surface area contributed by atoms with Crippen molar-refractivity contribution >= 4 is 29.5 Å². The van der Waals surface area contributed by atoms with Crippen molar-refractivity contribution in [3.05, 3.63) is 27.2 Å². The van der Waals surface area contributed by atoms with Crippen molar-refractivity contribution in [1.82, 2.24) is 14.8 Å². The molecule has 0 fully saturated rings. The van der Waals surface area contributed by atoms with Crippen LogP contribution in [0.15, 0.2) is 17.5 Å². The lowest BCUT2D eigenvalue weighted by molar-refractivity contribution is 0.669. The molecule has 4 nitrogen and oxygen atoms in total. The highest BCUT2D eigenvalue weighted by molar-refractivity contribution is 7.71. The quantitative estimate of drug-likeness (QED) is 0.865. The minimum absolute atomic E-state index is 0.297. The third-order valence-electron chi connectivity index (χ3n) is 2.91. The minimum Gasteiger partial charge on any atom is -0.336 e. The average molecular weight is 268 g/mol. The molecule has 0 amide bonds. The second-order valence-corrected chi connectivity index (χ2v) is 5.24. The first-order valence-corrected chi connectivity index (χ1v) is 6.85. The number of rotatable bonds is 4. The SMILES string of the molecule is CCn1c(N(C)C(C)c2cccs2)n[nH]c1=S. The number of aromatic nitrogens is 3. The van der Waals surface area contributed by atoms with Crippen LogP contribution >= 0.6 is 23.6 Å². The smallest absolute Gasteiger partial charge is 0.225 e. The molecular formula is C11H16N4S2. The van der Waals surface area contributed by atoms with Gasteiger partial charge in [0.05, 0.1) is 6.04 Å². The summed E-state index contributed by atoms with van der Waals surface area (Å²) in [7, 11) is 2.04. The molecule has 1 unspecified atom stereocenters. The van der Waals surface area contributed by atoms with Crippen LogP contribution in [0.1, 0.15) is 24.8 Å². The Bertz CT molecular complexity index is 526. The van der Waals surface area contributed by atoms with Crippen LogP contribution in [0.5, 0.6) is 0 Å². The van der Waals surface area contributed by atoms with Crippen molar-refractivity contribution in [3.8, 4) is 0 Å². The molecule has 2 rings (SSSR count). The van der Waals surface area contributed by atoms with Crippen molar-refractivity contribution < 1.29 is 0 Å². The summed E-state index contributed by atoms with van der Waals surface area (Å²) in [6.45, 7) is 5.06. The number of aromatic amines is 1. The van der Waals surface area contributed by atoms with E-state index in [0.29, 0.717) is 10.8 Å². The van der Waals surface area contributed by atoms with E-state index in [9.17, 15) is 0 Å². The topological polar surface area (TPSA) is 36.9 Å². The zero-order chi connectivity index (χ0) is 12.4. The van der Waals surface area contributed by atoms with Gasteiger partial charge in [0, 0.05) is 18.5 Å². The van der Waals surface area contributed by atoms with Gasteiger partial charge in [-0.3, -0.25) is 4.57 Å². The fourth-order valence-electron chi connectivity index (χ4n) is 1.76. The van der Waals surface area contributed by atoms with E-state index in [4.69, 9.17) is 12.2 Å². The van der Waals surface area contributed by atoms with Crippen LogP contribution in [0.4, 0.5) is 5.95 Å². The largest absolute Gasteiger partial charge is 0.336 e. The van der Waals surface area contributed by atoms with E-state index in [-0.39, 0.29) is 0 Å². The number of H-pyrrole nitrogens is 1. The fourth-order valence-corrected chi connectivity index (χ4v) is 2.84. The zero-order valence-electron chi connectivity index (χ0n) is 10.2. The fraction of sp³-hybridized carbons (Fsp3) is 0.455. The van der Waals surface area contributed by atoms with Crippen LogP contribution in [-0.4, -0.2) is 21.8 Å². The van der Waals surface area contributed by atoms with E-state index in [1.165, 1.54) is 4.88 Å². The molecule has 0 saturated heterocycles. The van der Waals surface area contributed by atoms with Gasteiger partial charge in [-0.05, 0) is 37.5 Å². The van der Waals surface area contributed by atoms with Crippen molar-refractivity contribution in [2.45, 2.75) is 26.4 Å². The van der Waals surface area contributed by atoms with Crippen LogP contribution < -0.4 is 4.90 Å². The van der Waals surface area contributed by atoms with Crippen LogP contribution in [0.25, 0.3) is 0 Å². The molecule has 0 aliphatic carbocycles. The molecule has 0 aromatic carbocycles. The second-order valence-electron chi connectivity index (χ2n) is 3.88. The number of thiophene rings is 1. The standard InChI is InChI=1S/C11H16N4S2/c1-4-15-10(12-13-11(15)16)14(3)8(2)9-6-5-7-17-9/h5-8H,4H2,1-3H3,(H,13,16). The number of hydrogen-bond donors (Lipinski definition) is 1. The lowest BCUT2D eigenvalue weighted by Crippen LogP contribution is -2.24. The summed E-state index contributed by atoms with van der Waals surface area (Å²) in [5.41, 5.74) is 0. The Morgan fingerprint density at radius 1 is 1.65 bits per heavy atom. The van der Waals surface area contributed by atoms with E-state index >= 15 is 0 Å². The average Bonchev–Trinajstić information content (AvgIpc) is 2.95. The van der Waals surface area contributed by atoms with Crippen LogP contribution in [0.3, 0.4) is 0 Å². The third-order valence-corrected chi connectivity index (χ3v) is 4.26. The monoisotopic (exact) mass is 268 g/mol. The van der Waals surface area contributed by atoms with Gasteiger partial charge in [0.25, 0.3) is 0 Å². The van der Waals surface area contributed by atoms with E-state index < -0.39 is 0 Å². The highest BCUT2D eigenvalue weighted by atomic mass is 32.1. The normalized spacial score (nSPS) is 12.6. The maximum atomic E-state index is 5.20. The number of nitrogens with zero attached hydrogens (tertiary/aromatic N) is 3. The molecule has 92 valence electrons. The van der Waals surface area contributed by atoms with Gasteiger partial charge in [0.1, 0.15) is 0 Å². The van der Waals surface area contributed by atoms with Crippen LogP contribution in [-0.2, 0) is 6.54 Å². The molecule has 1 atom stereocenters. The van der Waals surface area contributed by atoms with Crippen molar-refractivity contribution in [3.63, 3.8) is 0 Å². The molecule has 2 aromatic heterocycles. The molecule has 0 aliphatic rings. The Morgan fingerprint density at radius 3 is 3.00 bits per heavy atom. The predicted octanol–water partition coefficient (Wildman–Crippen LogP) is 3.22. The van der Waals surface area contributed by atoms with Crippen LogP contribution in [0.2, 0.25) is 0 Å². The molecule has 6 heteroatoms. The van der Waals surface area contributed by atoms with Gasteiger partial charge < -0.3 is 4.90 Å². The molecule has 0 spiro atoms.